The maximum atomic E-state index is 12.7. The summed E-state index contributed by atoms with van der Waals surface area (Å²) in [7, 11) is 1.45. The number of imide groups is 1. The van der Waals surface area contributed by atoms with E-state index < -0.39 is 12.1 Å². The van der Waals surface area contributed by atoms with Gasteiger partial charge in [-0.2, -0.15) is 0 Å². The minimum absolute atomic E-state index is 0.103. The molecule has 0 radical (unpaired) electrons. The standard InChI is InChI=1S/C17H22N4O5/c1-18-17(24)19-15(22)10-20-6-8-21(9-7-20)16(23)14-11-25-12-4-2-3-5-13(12)26-14/h2-5,14H,6-11H2,1H3,(H2,18,19,22,24)/p+1/t14-/m1/s1. The number of ether oxygens (including phenoxy) is 2. The van der Waals surface area contributed by atoms with E-state index in [9.17, 15) is 14.4 Å². The van der Waals surface area contributed by atoms with E-state index in [1.807, 2.05) is 18.2 Å². The molecule has 1 saturated heterocycles. The number of benzene rings is 1. The first-order valence-corrected chi connectivity index (χ1v) is 8.59. The van der Waals surface area contributed by atoms with Crippen molar-refractivity contribution < 1.29 is 28.8 Å². The maximum absolute atomic E-state index is 12.7. The molecule has 9 nitrogen and oxygen atoms in total. The first kappa shape index (κ1) is 18.0. The van der Waals surface area contributed by atoms with Crippen LogP contribution in [-0.2, 0) is 9.59 Å². The second kappa shape index (κ2) is 8.05. The molecule has 0 aromatic heterocycles. The van der Waals surface area contributed by atoms with Gasteiger partial charge in [-0.1, -0.05) is 12.1 Å². The van der Waals surface area contributed by atoms with Crippen molar-refractivity contribution >= 4 is 17.8 Å². The Morgan fingerprint density at radius 2 is 1.88 bits per heavy atom. The Morgan fingerprint density at radius 3 is 2.58 bits per heavy atom. The van der Waals surface area contributed by atoms with Crippen LogP contribution >= 0.6 is 0 Å². The molecule has 0 spiro atoms. The fourth-order valence-electron chi connectivity index (χ4n) is 3.03. The van der Waals surface area contributed by atoms with Crippen molar-refractivity contribution in [2.24, 2.45) is 0 Å². The number of hydrogen-bond donors (Lipinski definition) is 3. The number of rotatable bonds is 3. The molecule has 2 heterocycles. The predicted molar refractivity (Wildman–Crippen MR) is 91.1 cm³/mol. The number of carbonyl (C=O) groups is 3. The van der Waals surface area contributed by atoms with E-state index in [2.05, 4.69) is 10.6 Å². The van der Waals surface area contributed by atoms with E-state index in [0.717, 1.165) is 4.90 Å². The molecule has 3 N–H and O–H groups in total. The van der Waals surface area contributed by atoms with Gasteiger partial charge in [0, 0.05) is 7.05 Å². The van der Waals surface area contributed by atoms with Crippen molar-refractivity contribution in [3.05, 3.63) is 24.3 Å². The lowest BCUT2D eigenvalue weighted by Gasteiger charge is -2.35. The molecule has 2 aliphatic heterocycles. The number of carbonyl (C=O) groups excluding carboxylic acids is 3. The number of piperazine rings is 1. The quantitative estimate of drug-likeness (QED) is 0.577. The van der Waals surface area contributed by atoms with Crippen LogP contribution in [0.25, 0.3) is 0 Å². The van der Waals surface area contributed by atoms with Gasteiger partial charge in [0.2, 0.25) is 6.10 Å². The molecule has 140 valence electrons. The first-order valence-electron chi connectivity index (χ1n) is 8.59. The molecule has 1 atom stereocenters. The van der Waals surface area contributed by atoms with Crippen LogP contribution in [0.2, 0.25) is 0 Å². The number of para-hydroxylation sites is 2. The Morgan fingerprint density at radius 1 is 1.19 bits per heavy atom. The Balaban J connectivity index is 1.47. The van der Waals surface area contributed by atoms with Gasteiger partial charge in [0.25, 0.3) is 11.8 Å². The Kier molecular flexibility index (Phi) is 5.57. The maximum Gasteiger partial charge on any atom is 0.321 e. The summed E-state index contributed by atoms with van der Waals surface area (Å²) < 4.78 is 11.4. The summed E-state index contributed by atoms with van der Waals surface area (Å²) in [5.74, 6) is 0.785. The van der Waals surface area contributed by atoms with Gasteiger partial charge in [0.15, 0.2) is 18.0 Å². The Labute approximate surface area is 151 Å². The number of urea groups is 1. The molecule has 1 fully saturated rings. The topological polar surface area (TPSA) is 101 Å². The fraction of sp³-hybridized carbons (Fsp3) is 0.471. The van der Waals surface area contributed by atoms with Gasteiger partial charge in [-0.15, -0.1) is 0 Å². The van der Waals surface area contributed by atoms with Crippen molar-refractivity contribution in [2.75, 3.05) is 46.4 Å². The largest absolute Gasteiger partial charge is 0.485 e. The monoisotopic (exact) mass is 363 g/mol. The van der Waals surface area contributed by atoms with Crippen LogP contribution in [0.5, 0.6) is 11.5 Å². The minimum Gasteiger partial charge on any atom is -0.485 e. The van der Waals surface area contributed by atoms with Crippen LogP contribution < -0.4 is 25.0 Å². The van der Waals surface area contributed by atoms with Crippen LogP contribution in [-0.4, -0.2) is 75.2 Å². The van der Waals surface area contributed by atoms with Crippen LogP contribution in [0.1, 0.15) is 0 Å². The van der Waals surface area contributed by atoms with E-state index in [-0.39, 0.29) is 25.0 Å². The molecule has 4 amide bonds. The van der Waals surface area contributed by atoms with E-state index in [0.29, 0.717) is 37.7 Å². The molecule has 0 aliphatic carbocycles. The number of hydrogen-bond acceptors (Lipinski definition) is 5. The van der Waals surface area contributed by atoms with Crippen molar-refractivity contribution in [2.45, 2.75) is 6.10 Å². The second-order valence-electron chi connectivity index (χ2n) is 6.24. The number of quaternary nitrogens is 1. The summed E-state index contributed by atoms with van der Waals surface area (Å²) in [4.78, 5) is 38.3. The molecule has 1 aromatic rings. The van der Waals surface area contributed by atoms with Gasteiger partial charge < -0.3 is 24.6 Å². The highest BCUT2D eigenvalue weighted by Crippen LogP contribution is 2.31. The number of amides is 4. The smallest absolute Gasteiger partial charge is 0.321 e. The molecule has 0 unspecified atom stereocenters. The average Bonchev–Trinajstić information content (AvgIpc) is 2.67. The van der Waals surface area contributed by atoms with Crippen molar-refractivity contribution in [1.29, 1.82) is 0 Å². The van der Waals surface area contributed by atoms with Gasteiger partial charge in [0.1, 0.15) is 6.61 Å². The molecule has 0 bridgehead atoms. The summed E-state index contributed by atoms with van der Waals surface area (Å²) in [5, 5.41) is 4.58. The van der Waals surface area contributed by atoms with E-state index >= 15 is 0 Å². The number of nitrogens with zero attached hydrogens (tertiary/aromatic N) is 1. The number of nitrogens with one attached hydrogen (secondary N) is 3. The first-order chi connectivity index (χ1) is 12.6. The highest BCUT2D eigenvalue weighted by Gasteiger charge is 2.34. The molecule has 2 aliphatic rings. The van der Waals surface area contributed by atoms with Gasteiger partial charge in [-0.3, -0.25) is 14.9 Å². The zero-order chi connectivity index (χ0) is 18.5. The number of fused-ring (bicyclic) bond motifs is 1. The third-order valence-corrected chi connectivity index (χ3v) is 4.46. The predicted octanol–water partition coefficient (Wildman–Crippen LogP) is -1.99. The summed E-state index contributed by atoms with van der Waals surface area (Å²) >= 11 is 0. The third kappa shape index (κ3) is 4.23. The summed E-state index contributed by atoms with van der Waals surface area (Å²) in [5.41, 5.74) is 0. The average molecular weight is 363 g/mol. The normalized spacial score (nSPS) is 19.6. The minimum atomic E-state index is -0.650. The van der Waals surface area contributed by atoms with E-state index in [1.165, 1.54) is 7.05 Å². The molecule has 1 aromatic carbocycles. The summed E-state index contributed by atoms with van der Waals surface area (Å²) in [6, 6.07) is 6.76. The van der Waals surface area contributed by atoms with E-state index in [4.69, 9.17) is 9.47 Å². The van der Waals surface area contributed by atoms with Gasteiger partial charge in [-0.25, -0.2) is 4.79 Å². The second-order valence-corrected chi connectivity index (χ2v) is 6.24. The van der Waals surface area contributed by atoms with Gasteiger partial charge in [0.05, 0.1) is 26.2 Å². The van der Waals surface area contributed by atoms with Crippen LogP contribution in [0.4, 0.5) is 4.79 Å². The van der Waals surface area contributed by atoms with Crippen molar-refractivity contribution in [1.82, 2.24) is 15.5 Å². The highest BCUT2D eigenvalue weighted by atomic mass is 16.6. The highest BCUT2D eigenvalue weighted by molar-refractivity contribution is 5.94. The van der Waals surface area contributed by atoms with Crippen LogP contribution in [0.3, 0.4) is 0 Å². The Hall–Kier alpha value is -2.81. The van der Waals surface area contributed by atoms with Crippen LogP contribution in [0.15, 0.2) is 24.3 Å². The van der Waals surface area contributed by atoms with Gasteiger partial charge >= 0.3 is 6.03 Å². The SMILES string of the molecule is CNC(=O)NC(=O)C[NH+]1CCN(C(=O)[C@H]2COc3ccccc3O2)CC1. The lowest BCUT2D eigenvalue weighted by Crippen LogP contribution is -3.16. The lowest BCUT2D eigenvalue weighted by atomic mass is 10.2. The van der Waals surface area contributed by atoms with Crippen molar-refractivity contribution in [3.8, 4) is 11.5 Å². The molecular weight excluding hydrogens is 340 g/mol. The third-order valence-electron chi connectivity index (χ3n) is 4.46. The van der Waals surface area contributed by atoms with Gasteiger partial charge in [-0.05, 0) is 12.1 Å². The lowest BCUT2D eigenvalue weighted by molar-refractivity contribution is -0.896. The molecule has 0 saturated carbocycles. The molecule has 9 heteroatoms. The van der Waals surface area contributed by atoms with E-state index in [1.54, 1.807) is 11.0 Å². The van der Waals surface area contributed by atoms with Crippen molar-refractivity contribution in [3.63, 3.8) is 0 Å². The summed E-state index contributed by atoms with van der Waals surface area (Å²) in [6.07, 6.45) is -0.650. The summed E-state index contributed by atoms with van der Waals surface area (Å²) in [6.45, 7) is 2.73. The zero-order valence-corrected chi connectivity index (χ0v) is 14.6. The molecular formula is C17H23N4O5+. The molecule has 3 rings (SSSR count). The Bertz CT molecular complexity index is 687. The molecule has 26 heavy (non-hydrogen) atoms. The zero-order valence-electron chi connectivity index (χ0n) is 14.6. The van der Waals surface area contributed by atoms with Crippen LogP contribution in [0, 0.1) is 0 Å². The fourth-order valence-corrected chi connectivity index (χ4v) is 3.03.